The van der Waals surface area contributed by atoms with Gasteiger partial charge < -0.3 is 5.32 Å². The smallest absolute Gasteiger partial charge is 0.294 e. The second kappa shape index (κ2) is 9.73. The average Bonchev–Trinajstić information content (AvgIpc) is 2.73. The Morgan fingerprint density at radius 1 is 1.30 bits per heavy atom. The fraction of sp³-hybridized carbons (Fsp3) is 0.250. The summed E-state index contributed by atoms with van der Waals surface area (Å²) in [6.07, 6.45) is 1.71. The van der Waals surface area contributed by atoms with Gasteiger partial charge in [0.2, 0.25) is 5.91 Å². The van der Waals surface area contributed by atoms with Crippen molar-refractivity contribution in [1.29, 1.82) is 0 Å². The van der Waals surface area contributed by atoms with E-state index in [4.69, 9.17) is 11.6 Å². The largest absolute Gasteiger partial charge is 0.320 e. The maximum Gasteiger partial charge on any atom is 0.294 e. The van der Waals surface area contributed by atoms with Gasteiger partial charge in [-0.1, -0.05) is 48.8 Å². The van der Waals surface area contributed by atoms with Crippen LogP contribution >= 0.6 is 23.4 Å². The quantitative estimate of drug-likeness (QED) is 0.236. The minimum Gasteiger partial charge on any atom is -0.320 e. The van der Waals surface area contributed by atoms with Gasteiger partial charge in [-0.2, -0.15) is 0 Å². The lowest BCUT2D eigenvalue weighted by Gasteiger charge is -2.13. The summed E-state index contributed by atoms with van der Waals surface area (Å²) in [4.78, 5) is 40.4. The van der Waals surface area contributed by atoms with E-state index >= 15 is 0 Å². The SMILES string of the molecule is CCCCn1c(SCC(=O)Nc2ccc(Cl)cc2[N+](=O)[O-])nc2ccccc2c1=O. The van der Waals surface area contributed by atoms with Gasteiger partial charge in [-0.25, -0.2) is 4.98 Å². The lowest BCUT2D eigenvalue weighted by Crippen LogP contribution is -2.24. The van der Waals surface area contributed by atoms with Crippen molar-refractivity contribution in [2.45, 2.75) is 31.5 Å². The van der Waals surface area contributed by atoms with Gasteiger partial charge in [-0.05, 0) is 30.7 Å². The van der Waals surface area contributed by atoms with Gasteiger partial charge in [0.1, 0.15) is 5.69 Å². The van der Waals surface area contributed by atoms with Gasteiger partial charge in [0, 0.05) is 17.6 Å². The molecule has 0 radical (unpaired) electrons. The molecule has 0 aliphatic heterocycles. The molecule has 8 nitrogen and oxygen atoms in total. The Bertz CT molecular complexity index is 1170. The molecule has 0 fully saturated rings. The molecule has 1 aromatic heterocycles. The van der Waals surface area contributed by atoms with Crippen LogP contribution in [0.25, 0.3) is 10.9 Å². The van der Waals surface area contributed by atoms with Crippen LogP contribution in [0.2, 0.25) is 5.02 Å². The monoisotopic (exact) mass is 446 g/mol. The number of carbonyl (C=O) groups is 1. The highest BCUT2D eigenvalue weighted by atomic mass is 35.5. The van der Waals surface area contributed by atoms with Crippen LogP contribution in [-0.2, 0) is 11.3 Å². The van der Waals surface area contributed by atoms with Crippen LogP contribution in [0.4, 0.5) is 11.4 Å². The van der Waals surface area contributed by atoms with Gasteiger partial charge in [-0.3, -0.25) is 24.3 Å². The molecule has 2 aromatic carbocycles. The second-order valence-corrected chi connectivity index (χ2v) is 7.86. The van der Waals surface area contributed by atoms with Crippen molar-refractivity contribution in [2.75, 3.05) is 11.1 Å². The van der Waals surface area contributed by atoms with Crippen molar-refractivity contribution >= 4 is 51.5 Å². The number of rotatable bonds is 8. The Kier molecular flexibility index (Phi) is 7.07. The molecule has 1 heterocycles. The number of hydrogen-bond donors (Lipinski definition) is 1. The van der Waals surface area contributed by atoms with E-state index in [9.17, 15) is 19.7 Å². The number of aromatic nitrogens is 2. The predicted molar refractivity (Wildman–Crippen MR) is 118 cm³/mol. The van der Waals surface area contributed by atoms with E-state index in [0.717, 1.165) is 24.6 Å². The summed E-state index contributed by atoms with van der Waals surface area (Å²) in [6, 6.07) is 11.1. The molecule has 0 bridgehead atoms. The number of hydrogen-bond acceptors (Lipinski definition) is 6. The summed E-state index contributed by atoms with van der Waals surface area (Å²) in [5.74, 6) is -0.508. The Morgan fingerprint density at radius 3 is 2.80 bits per heavy atom. The predicted octanol–water partition coefficient (Wildman–Crippen LogP) is 4.49. The Balaban J connectivity index is 1.82. The van der Waals surface area contributed by atoms with Crippen LogP contribution in [0.5, 0.6) is 0 Å². The summed E-state index contributed by atoms with van der Waals surface area (Å²) in [6.45, 7) is 2.53. The molecule has 0 saturated carbocycles. The highest BCUT2D eigenvalue weighted by molar-refractivity contribution is 7.99. The molecule has 3 aromatic rings. The van der Waals surface area contributed by atoms with E-state index in [0.29, 0.717) is 22.6 Å². The molecule has 1 N–H and O–H groups in total. The first-order valence-corrected chi connectivity index (χ1v) is 10.6. The summed E-state index contributed by atoms with van der Waals surface area (Å²) < 4.78 is 1.58. The highest BCUT2D eigenvalue weighted by Gasteiger charge is 2.18. The minimum absolute atomic E-state index is 0.0588. The third-order valence-electron chi connectivity index (χ3n) is 4.32. The fourth-order valence-electron chi connectivity index (χ4n) is 2.85. The molecule has 3 rings (SSSR count). The fourth-order valence-corrected chi connectivity index (χ4v) is 3.84. The molecule has 0 unspecified atom stereocenters. The molecule has 0 saturated heterocycles. The Labute approximate surface area is 181 Å². The zero-order valence-electron chi connectivity index (χ0n) is 16.1. The van der Waals surface area contributed by atoms with Gasteiger partial charge in [0.25, 0.3) is 11.2 Å². The number of fused-ring (bicyclic) bond motifs is 1. The normalized spacial score (nSPS) is 10.9. The number of nitrogens with zero attached hydrogens (tertiary/aromatic N) is 3. The van der Waals surface area contributed by atoms with Crippen molar-refractivity contribution in [3.8, 4) is 0 Å². The van der Waals surface area contributed by atoms with Crippen molar-refractivity contribution in [2.24, 2.45) is 0 Å². The van der Waals surface area contributed by atoms with E-state index in [1.807, 2.05) is 6.92 Å². The molecule has 0 aliphatic rings. The van der Waals surface area contributed by atoms with E-state index in [1.165, 1.54) is 18.2 Å². The zero-order valence-corrected chi connectivity index (χ0v) is 17.7. The number of halogens is 1. The number of carbonyl (C=O) groups excluding carboxylic acids is 1. The first kappa shape index (κ1) is 21.8. The number of nitro groups is 1. The summed E-state index contributed by atoms with van der Waals surface area (Å²) >= 11 is 6.91. The Morgan fingerprint density at radius 2 is 2.07 bits per heavy atom. The van der Waals surface area contributed by atoms with Crippen LogP contribution in [-0.4, -0.2) is 26.1 Å². The van der Waals surface area contributed by atoms with Gasteiger partial charge in [0.15, 0.2) is 5.16 Å². The number of unbranched alkanes of at least 4 members (excludes halogenated alkanes) is 1. The van der Waals surface area contributed by atoms with E-state index in [1.54, 1.807) is 28.8 Å². The van der Waals surface area contributed by atoms with Crippen LogP contribution in [0.1, 0.15) is 19.8 Å². The van der Waals surface area contributed by atoms with Gasteiger partial charge >= 0.3 is 0 Å². The molecule has 156 valence electrons. The third kappa shape index (κ3) is 4.98. The zero-order chi connectivity index (χ0) is 21.7. The van der Waals surface area contributed by atoms with Crippen LogP contribution in [0.15, 0.2) is 52.4 Å². The van der Waals surface area contributed by atoms with E-state index in [-0.39, 0.29) is 27.7 Å². The van der Waals surface area contributed by atoms with Crippen LogP contribution < -0.4 is 10.9 Å². The van der Waals surface area contributed by atoms with Crippen LogP contribution in [0.3, 0.4) is 0 Å². The summed E-state index contributed by atoms with van der Waals surface area (Å²) in [7, 11) is 0. The van der Waals surface area contributed by atoms with Crippen molar-refractivity contribution in [3.63, 3.8) is 0 Å². The molecule has 0 atom stereocenters. The molecule has 10 heteroatoms. The molecular weight excluding hydrogens is 428 g/mol. The lowest BCUT2D eigenvalue weighted by molar-refractivity contribution is -0.383. The number of anilines is 1. The number of amides is 1. The van der Waals surface area contributed by atoms with E-state index in [2.05, 4.69) is 10.3 Å². The molecule has 0 aliphatic carbocycles. The van der Waals surface area contributed by atoms with Gasteiger partial charge in [0.05, 0.1) is 21.6 Å². The van der Waals surface area contributed by atoms with E-state index < -0.39 is 10.8 Å². The summed E-state index contributed by atoms with van der Waals surface area (Å²) in [5.41, 5.74) is 0.186. The maximum absolute atomic E-state index is 12.9. The number of nitro benzene ring substituents is 1. The first-order valence-electron chi connectivity index (χ1n) is 9.27. The molecular formula is C20H19ClN4O4S. The molecule has 1 amide bonds. The summed E-state index contributed by atoms with van der Waals surface area (Å²) in [5, 5.41) is 14.9. The van der Waals surface area contributed by atoms with Crippen molar-refractivity contribution in [3.05, 3.63) is 68.0 Å². The first-order chi connectivity index (χ1) is 14.4. The van der Waals surface area contributed by atoms with Gasteiger partial charge in [-0.15, -0.1) is 0 Å². The number of nitrogens with one attached hydrogen (secondary N) is 1. The van der Waals surface area contributed by atoms with Crippen LogP contribution in [0, 0.1) is 10.1 Å². The second-order valence-electron chi connectivity index (χ2n) is 6.48. The maximum atomic E-state index is 12.9. The molecule has 0 spiro atoms. The van der Waals surface area contributed by atoms with Crippen molar-refractivity contribution in [1.82, 2.24) is 9.55 Å². The standard InChI is InChI=1S/C20H19ClN4O4S/c1-2-3-10-24-19(27)14-6-4-5-7-15(14)23-20(24)30-12-18(26)22-16-9-8-13(21)11-17(16)25(28)29/h4-9,11H,2-3,10,12H2,1H3,(H,22,26). The third-order valence-corrected chi connectivity index (χ3v) is 5.54. The number of benzene rings is 2. The Hall–Kier alpha value is -2.91. The average molecular weight is 447 g/mol. The molecule has 30 heavy (non-hydrogen) atoms. The lowest BCUT2D eigenvalue weighted by atomic mass is 10.2. The number of para-hydroxylation sites is 1. The number of thioether (sulfide) groups is 1. The highest BCUT2D eigenvalue weighted by Crippen LogP contribution is 2.28. The van der Waals surface area contributed by atoms with Crippen molar-refractivity contribution < 1.29 is 9.72 Å². The topological polar surface area (TPSA) is 107 Å². The minimum atomic E-state index is -0.609.